The highest BCUT2D eigenvalue weighted by molar-refractivity contribution is 7.16. The van der Waals surface area contributed by atoms with Crippen molar-refractivity contribution in [2.24, 2.45) is 5.73 Å². The molecule has 3 N–H and O–H groups in total. The van der Waals surface area contributed by atoms with Gasteiger partial charge in [-0.25, -0.2) is 9.59 Å². The molecule has 0 spiro atoms. The van der Waals surface area contributed by atoms with Crippen LogP contribution in [0.2, 0.25) is 0 Å². The number of hydrogen-bond acceptors (Lipinski definition) is 4. The molecule has 17 heavy (non-hydrogen) atoms. The third-order valence-corrected chi connectivity index (χ3v) is 3.59. The summed E-state index contributed by atoms with van der Waals surface area (Å²) < 4.78 is 4.66. The van der Waals surface area contributed by atoms with E-state index in [4.69, 9.17) is 5.73 Å². The number of methoxy groups -OCH3 is 1. The average molecular weight is 256 g/mol. The number of nitrogens with one attached hydrogen (secondary N) is 1. The Balaban J connectivity index is 3.21. The van der Waals surface area contributed by atoms with Crippen LogP contribution in [0.15, 0.2) is 6.07 Å². The number of amides is 2. The van der Waals surface area contributed by atoms with Crippen molar-refractivity contribution in [2.45, 2.75) is 26.2 Å². The van der Waals surface area contributed by atoms with E-state index in [0.717, 1.165) is 4.88 Å². The lowest BCUT2D eigenvalue weighted by molar-refractivity contribution is 0.0602. The summed E-state index contributed by atoms with van der Waals surface area (Å²) in [6.07, 6.45) is 0. The summed E-state index contributed by atoms with van der Waals surface area (Å²) in [6, 6.07) is 1.03. The summed E-state index contributed by atoms with van der Waals surface area (Å²) in [4.78, 5) is 23.4. The molecule has 1 heterocycles. The number of thiophene rings is 1. The molecule has 0 aliphatic rings. The first-order valence-electron chi connectivity index (χ1n) is 5.04. The quantitative estimate of drug-likeness (QED) is 0.797. The molecular formula is C11H16N2O3S. The minimum absolute atomic E-state index is 0.106. The van der Waals surface area contributed by atoms with Gasteiger partial charge in [-0.1, -0.05) is 20.8 Å². The van der Waals surface area contributed by atoms with Gasteiger partial charge < -0.3 is 10.5 Å². The first-order valence-corrected chi connectivity index (χ1v) is 5.86. The Morgan fingerprint density at radius 2 is 2.00 bits per heavy atom. The molecule has 0 unspecified atom stereocenters. The first kappa shape index (κ1) is 13.5. The van der Waals surface area contributed by atoms with Crippen LogP contribution in [0.1, 0.15) is 36.0 Å². The highest BCUT2D eigenvalue weighted by atomic mass is 32.1. The van der Waals surface area contributed by atoms with Gasteiger partial charge in [0.2, 0.25) is 0 Å². The summed E-state index contributed by atoms with van der Waals surface area (Å²) in [7, 11) is 1.30. The van der Waals surface area contributed by atoms with Gasteiger partial charge >= 0.3 is 12.0 Å². The van der Waals surface area contributed by atoms with Crippen LogP contribution >= 0.6 is 11.3 Å². The summed E-state index contributed by atoms with van der Waals surface area (Å²) in [5, 5.41) is 2.86. The fraction of sp³-hybridized carbons (Fsp3) is 0.455. The van der Waals surface area contributed by atoms with Crippen LogP contribution in [0.4, 0.5) is 9.80 Å². The Bertz CT molecular complexity index is 446. The molecule has 0 aliphatic heterocycles. The van der Waals surface area contributed by atoms with E-state index in [2.05, 4.69) is 10.1 Å². The average Bonchev–Trinajstić information content (AvgIpc) is 2.59. The maximum Gasteiger partial charge on any atom is 0.340 e. The maximum atomic E-state index is 11.5. The van der Waals surface area contributed by atoms with E-state index in [0.29, 0.717) is 10.6 Å². The molecule has 0 aromatic carbocycles. The SMILES string of the molecule is COC(=O)c1cc(C(C)(C)C)sc1NC(N)=O. The summed E-state index contributed by atoms with van der Waals surface area (Å²) >= 11 is 1.33. The summed E-state index contributed by atoms with van der Waals surface area (Å²) in [6.45, 7) is 6.07. The second-order valence-corrected chi connectivity index (χ2v) is 5.64. The molecule has 1 rings (SSSR count). The van der Waals surface area contributed by atoms with Gasteiger partial charge in [0.25, 0.3) is 0 Å². The monoisotopic (exact) mass is 256 g/mol. The van der Waals surface area contributed by atoms with Crippen LogP contribution in [-0.2, 0) is 10.2 Å². The van der Waals surface area contributed by atoms with Gasteiger partial charge in [-0.15, -0.1) is 11.3 Å². The number of primary amides is 1. The van der Waals surface area contributed by atoms with Crippen LogP contribution in [0.5, 0.6) is 0 Å². The summed E-state index contributed by atoms with van der Waals surface area (Å²) in [5.41, 5.74) is 5.29. The third-order valence-electron chi connectivity index (χ3n) is 2.11. The molecule has 5 nitrogen and oxygen atoms in total. The Morgan fingerprint density at radius 3 is 2.41 bits per heavy atom. The van der Waals surface area contributed by atoms with E-state index in [1.807, 2.05) is 20.8 Å². The van der Waals surface area contributed by atoms with Crippen molar-refractivity contribution < 1.29 is 14.3 Å². The standard InChI is InChI=1S/C11H16N2O3S/c1-11(2,3)7-5-6(9(14)16-4)8(17-7)13-10(12)15/h5H,1-4H3,(H3,12,13,15). The predicted octanol–water partition coefficient (Wildman–Crippen LogP) is 2.32. The molecule has 0 saturated heterocycles. The topological polar surface area (TPSA) is 81.4 Å². The van der Waals surface area contributed by atoms with E-state index in [9.17, 15) is 9.59 Å². The van der Waals surface area contributed by atoms with Gasteiger partial charge in [-0.3, -0.25) is 5.32 Å². The van der Waals surface area contributed by atoms with Crippen molar-refractivity contribution >= 4 is 28.3 Å². The number of carbonyl (C=O) groups is 2. The van der Waals surface area contributed by atoms with Crippen molar-refractivity contribution in [3.63, 3.8) is 0 Å². The number of ether oxygens (including phenoxy) is 1. The largest absolute Gasteiger partial charge is 0.465 e. The number of rotatable bonds is 2. The van der Waals surface area contributed by atoms with Crippen molar-refractivity contribution in [3.8, 4) is 0 Å². The smallest absolute Gasteiger partial charge is 0.340 e. The molecule has 0 atom stereocenters. The Hall–Kier alpha value is -1.56. The number of nitrogens with two attached hydrogens (primary N) is 1. The summed E-state index contributed by atoms with van der Waals surface area (Å²) in [5.74, 6) is -0.486. The highest BCUT2D eigenvalue weighted by Crippen LogP contribution is 2.36. The zero-order valence-electron chi connectivity index (χ0n) is 10.3. The number of urea groups is 1. The molecule has 0 aliphatic carbocycles. The number of anilines is 1. The molecule has 1 aromatic rings. The van der Waals surface area contributed by atoms with Gasteiger partial charge in [0.1, 0.15) is 5.00 Å². The molecular weight excluding hydrogens is 240 g/mol. The van der Waals surface area contributed by atoms with E-state index in [-0.39, 0.29) is 5.41 Å². The van der Waals surface area contributed by atoms with E-state index in [1.165, 1.54) is 18.4 Å². The fourth-order valence-corrected chi connectivity index (χ4v) is 2.33. The van der Waals surface area contributed by atoms with Crippen LogP contribution in [0.3, 0.4) is 0 Å². The van der Waals surface area contributed by atoms with Gasteiger partial charge in [0.15, 0.2) is 0 Å². The van der Waals surface area contributed by atoms with E-state index < -0.39 is 12.0 Å². The number of esters is 1. The lowest BCUT2D eigenvalue weighted by atomic mass is 9.94. The van der Waals surface area contributed by atoms with Gasteiger partial charge in [-0.2, -0.15) is 0 Å². The van der Waals surface area contributed by atoms with Crippen molar-refractivity contribution in [3.05, 3.63) is 16.5 Å². The highest BCUT2D eigenvalue weighted by Gasteiger charge is 2.23. The predicted molar refractivity (Wildman–Crippen MR) is 67.6 cm³/mol. The Morgan fingerprint density at radius 1 is 1.41 bits per heavy atom. The Kier molecular flexibility index (Phi) is 3.77. The van der Waals surface area contributed by atoms with Crippen LogP contribution in [-0.4, -0.2) is 19.1 Å². The van der Waals surface area contributed by atoms with Crippen LogP contribution in [0.25, 0.3) is 0 Å². The molecule has 94 valence electrons. The molecule has 0 saturated carbocycles. The molecule has 1 aromatic heterocycles. The molecule has 0 bridgehead atoms. The minimum atomic E-state index is -0.697. The maximum absolute atomic E-state index is 11.5. The van der Waals surface area contributed by atoms with E-state index >= 15 is 0 Å². The number of carbonyl (C=O) groups excluding carboxylic acids is 2. The Labute approximate surface area is 104 Å². The van der Waals surface area contributed by atoms with Crippen molar-refractivity contribution in [1.29, 1.82) is 0 Å². The zero-order valence-corrected chi connectivity index (χ0v) is 11.1. The van der Waals surface area contributed by atoms with E-state index in [1.54, 1.807) is 6.07 Å². The normalized spacial score (nSPS) is 11.1. The molecule has 0 radical (unpaired) electrons. The van der Waals surface area contributed by atoms with Crippen molar-refractivity contribution in [1.82, 2.24) is 0 Å². The number of hydrogen-bond donors (Lipinski definition) is 2. The molecule has 0 fully saturated rings. The first-order chi connectivity index (χ1) is 7.75. The van der Waals surface area contributed by atoms with Gasteiger partial charge in [0, 0.05) is 4.88 Å². The second-order valence-electron chi connectivity index (χ2n) is 4.58. The van der Waals surface area contributed by atoms with Crippen LogP contribution < -0.4 is 11.1 Å². The molecule has 2 amide bonds. The molecule has 6 heteroatoms. The van der Waals surface area contributed by atoms with Crippen LogP contribution in [0, 0.1) is 0 Å². The lowest BCUT2D eigenvalue weighted by Gasteiger charge is -2.15. The third kappa shape index (κ3) is 3.20. The van der Waals surface area contributed by atoms with Gasteiger partial charge in [0.05, 0.1) is 12.7 Å². The second kappa shape index (κ2) is 4.75. The fourth-order valence-electron chi connectivity index (χ4n) is 1.23. The lowest BCUT2D eigenvalue weighted by Crippen LogP contribution is -2.20. The van der Waals surface area contributed by atoms with Crippen molar-refractivity contribution in [2.75, 3.05) is 12.4 Å². The van der Waals surface area contributed by atoms with Gasteiger partial charge in [-0.05, 0) is 11.5 Å². The zero-order chi connectivity index (χ0) is 13.2. The minimum Gasteiger partial charge on any atom is -0.465 e.